The van der Waals surface area contributed by atoms with Gasteiger partial charge in [-0.15, -0.1) is 0 Å². The molecule has 3 nitrogen and oxygen atoms in total. The van der Waals surface area contributed by atoms with Gasteiger partial charge in [-0.05, 0) is 70.3 Å². The molecule has 0 saturated heterocycles. The van der Waals surface area contributed by atoms with E-state index in [4.69, 9.17) is 4.98 Å². The molecule has 11 rings (SSSR count). The first-order valence-electron chi connectivity index (χ1n) is 16.5. The predicted octanol–water partition coefficient (Wildman–Crippen LogP) is 11.7. The van der Waals surface area contributed by atoms with Crippen molar-refractivity contribution in [1.82, 2.24) is 14.1 Å². The van der Waals surface area contributed by atoms with E-state index in [0.717, 1.165) is 16.9 Å². The van der Waals surface area contributed by atoms with E-state index in [1.54, 1.807) is 0 Å². The van der Waals surface area contributed by atoms with Crippen LogP contribution in [-0.4, -0.2) is 14.1 Å². The molecule has 48 heavy (non-hydrogen) atoms. The Kier molecular flexibility index (Phi) is 5.11. The van der Waals surface area contributed by atoms with Gasteiger partial charge in [-0.3, -0.25) is 4.57 Å². The molecule has 0 spiro atoms. The van der Waals surface area contributed by atoms with Crippen molar-refractivity contribution in [3.05, 3.63) is 164 Å². The number of aromatic nitrogens is 3. The van der Waals surface area contributed by atoms with Crippen LogP contribution >= 0.6 is 0 Å². The number of nitrogens with zero attached hydrogens (tertiary/aromatic N) is 3. The van der Waals surface area contributed by atoms with Gasteiger partial charge in [-0.25, -0.2) is 4.98 Å². The maximum atomic E-state index is 5.22. The fourth-order valence-corrected chi connectivity index (χ4v) is 8.23. The van der Waals surface area contributed by atoms with Gasteiger partial charge in [-0.1, -0.05) is 115 Å². The number of hydrogen-bond acceptors (Lipinski definition) is 1. The quantitative estimate of drug-likeness (QED) is 0.195. The molecule has 0 saturated carbocycles. The normalized spacial score (nSPS) is 12.2. The monoisotopic (exact) mass is 609 g/mol. The molecule has 1 aliphatic rings. The summed E-state index contributed by atoms with van der Waals surface area (Å²) >= 11 is 0. The number of rotatable bonds is 3. The van der Waals surface area contributed by atoms with Crippen LogP contribution in [0.3, 0.4) is 0 Å². The molecular formula is C45H27N3. The molecule has 0 bridgehead atoms. The third kappa shape index (κ3) is 3.40. The lowest BCUT2D eigenvalue weighted by atomic mass is 10.0. The number of fused-ring (bicyclic) bond motifs is 9. The van der Waals surface area contributed by atoms with Gasteiger partial charge in [-0.2, -0.15) is 0 Å². The summed E-state index contributed by atoms with van der Waals surface area (Å²) in [5, 5.41) is 7.42. The maximum absolute atomic E-state index is 5.22. The predicted molar refractivity (Wildman–Crippen MR) is 200 cm³/mol. The zero-order valence-electron chi connectivity index (χ0n) is 25.9. The first-order valence-corrected chi connectivity index (χ1v) is 16.5. The summed E-state index contributed by atoms with van der Waals surface area (Å²) in [4.78, 5) is 5.22. The van der Waals surface area contributed by atoms with E-state index < -0.39 is 0 Å². The van der Waals surface area contributed by atoms with Crippen LogP contribution < -0.4 is 0 Å². The summed E-state index contributed by atoms with van der Waals surface area (Å²) in [5.74, 6) is 0.977. The van der Waals surface area contributed by atoms with Gasteiger partial charge >= 0.3 is 0 Å². The fraction of sp³-hybridized carbons (Fsp3) is 0. The van der Waals surface area contributed by atoms with Gasteiger partial charge in [0.25, 0.3) is 0 Å². The van der Waals surface area contributed by atoms with Crippen molar-refractivity contribution in [1.29, 1.82) is 0 Å². The minimum atomic E-state index is 0.977. The van der Waals surface area contributed by atoms with Crippen LogP contribution in [0.1, 0.15) is 0 Å². The Morgan fingerprint density at radius 3 is 1.88 bits per heavy atom. The summed E-state index contributed by atoms with van der Waals surface area (Å²) in [6.07, 6.45) is 2.05. The summed E-state index contributed by atoms with van der Waals surface area (Å²) in [7, 11) is 0. The lowest BCUT2D eigenvalue weighted by Crippen LogP contribution is -2.00. The van der Waals surface area contributed by atoms with E-state index >= 15 is 0 Å². The lowest BCUT2D eigenvalue weighted by Gasteiger charge is -2.13. The smallest absolute Gasteiger partial charge is 0.146 e. The van der Waals surface area contributed by atoms with Crippen molar-refractivity contribution < 1.29 is 0 Å². The molecular weight excluding hydrogens is 583 g/mol. The number of hydrogen-bond donors (Lipinski definition) is 0. The average molecular weight is 610 g/mol. The van der Waals surface area contributed by atoms with Gasteiger partial charge in [0.15, 0.2) is 0 Å². The lowest BCUT2D eigenvalue weighted by molar-refractivity contribution is 1.09. The molecule has 0 N–H and O–H groups in total. The van der Waals surface area contributed by atoms with Gasteiger partial charge < -0.3 is 4.57 Å². The van der Waals surface area contributed by atoms with Crippen LogP contribution in [0, 0.1) is 0 Å². The molecule has 3 heterocycles. The minimum Gasteiger partial charge on any atom is -0.309 e. The highest BCUT2D eigenvalue weighted by molar-refractivity contribution is 6.18. The first kappa shape index (κ1) is 25.7. The second-order valence-corrected chi connectivity index (χ2v) is 12.8. The third-order valence-electron chi connectivity index (χ3n) is 10.3. The molecule has 1 aliphatic carbocycles. The molecule has 7 aromatic carbocycles. The fourth-order valence-electron chi connectivity index (χ4n) is 8.23. The number of pyridine rings is 1. The third-order valence-corrected chi connectivity index (χ3v) is 10.3. The van der Waals surface area contributed by atoms with Crippen molar-refractivity contribution in [3.8, 4) is 44.9 Å². The Bertz CT molecular complexity index is 2940. The summed E-state index contributed by atoms with van der Waals surface area (Å²) in [5.41, 5.74) is 13.3. The molecule has 0 atom stereocenters. The highest BCUT2D eigenvalue weighted by Gasteiger charge is 2.27. The van der Waals surface area contributed by atoms with Crippen molar-refractivity contribution in [2.45, 2.75) is 0 Å². The first-order chi connectivity index (χ1) is 23.8. The molecule has 3 aromatic heterocycles. The molecule has 3 heteroatoms. The van der Waals surface area contributed by atoms with Crippen LogP contribution in [-0.2, 0) is 0 Å². The van der Waals surface area contributed by atoms with E-state index in [-0.39, 0.29) is 0 Å². The number of benzene rings is 7. The van der Waals surface area contributed by atoms with Crippen molar-refractivity contribution in [2.24, 2.45) is 0 Å². The number of para-hydroxylation sites is 3. The largest absolute Gasteiger partial charge is 0.309 e. The molecule has 0 radical (unpaired) electrons. The Morgan fingerprint density at radius 2 is 1.02 bits per heavy atom. The average Bonchev–Trinajstić information content (AvgIpc) is 3.79. The minimum absolute atomic E-state index is 0.977. The second-order valence-electron chi connectivity index (χ2n) is 12.8. The standard InChI is InChI=1S/C45H27N3/c1-2-12-31(13-3-1)47-39-19-8-7-16-34(39)38-25-28(22-24-41(38)47)29-21-23-35-33-15-6-9-20-40(33)48(42(35)26-29)45-44-37-17-5-4-14-32(37)36-18-10-11-30(27-46-45)43(36)44/h1-27H. The van der Waals surface area contributed by atoms with Crippen LogP contribution in [0.2, 0.25) is 0 Å². The van der Waals surface area contributed by atoms with E-state index in [9.17, 15) is 0 Å². The van der Waals surface area contributed by atoms with Crippen LogP contribution in [0.4, 0.5) is 0 Å². The summed E-state index contributed by atoms with van der Waals surface area (Å²) < 4.78 is 4.76. The van der Waals surface area contributed by atoms with Gasteiger partial charge in [0.2, 0.25) is 0 Å². The van der Waals surface area contributed by atoms with E-state index in [0.29, 0.717) is 0 Å². The van der Waals surface area contributed by atoms with Crippen LogP contribution in [0.15, 0.2) is 164 Å². The second kappa shape index (κ2) is 9.54. The topological polar surface area (TPSA) is 22.8 Å². The summed E-state index contributed by atoms with van der Waals surface area (Å²) in [6, 6.07) is 57.3. The molecule has 0 unspecified atom stereocenters. The van der Waals surface area contributed by atoms with Crippen molar-refractivity contribution in [3.63, 3.8) is 0 Å². The molecule has 222 valence electrons. The Hall–Kier alpha value is -6.45. The SMILES string of the molecule is c1ccc(-n2c3ccccc3c3cc(-c4ccc5c6ccccc6n(-c6ncc7cccc8c7c6-c6ccccc6-8)c5c4)ccc32)cc1. The van der Waals surface area contributed by atoms with E-state index in [2.05, 4.69) is 167 Å². The zero-order valence-corrected chi connectivity index (χ0v) is 25.9. The van der Waals surface area contributed by atoms with E-state index in [1.807, 2.05) is 6.20 Å². The summed E-state index contributed by atoms with van der Waals surface area (Å²) in [6.45, 7) is 0. The Balaban J connectivity index is 1.18. The highest BCUT2D eigenvalue weighted by Crippen LogP contribution is 2.50. The molecule has 0 aliphatic heterocycles. The maximum Gasteiger partial charge on any atom is 0.146 e. The van der Waals surface area contributed by atoms with Crippen LogP contribution in [0.5, 0.6) is 0 Å². The van der Waals surface area contributed by atoms with Crippen molar-refractivity contribution >= 4 is 54.4 Å². The Labute approximate surface area is 276 Å². The van der Waals surface area contributed by atoms with E-state index in [1.165, 1.54) is 82.4 Å². The molecule has 0 amide bonds. The zero-order chi connectivity index (χ0) is 31.3. The van der Waals surface area contributed by atoms with Crippen molar-refractivity contribution in [2.75, 3.05) is 0 Å². The van der Waals surface area contributed by atoms with Gasteiger partial charge in [0.05, 0.1) is 22.1 Å². The molecule has 0 fully saturated rings. The van der Waals surface area contributed by atoms with Gasteiger partial charge in [0, 0.05) is 49.8 Å². The molecule has 10 aromatic rings. The van der Waals surface area contributed by atoms with Crippen LogP contribution in [0.25, 0.3) is 99.3 Å². The Morgan fingerprint density at radius 1 is 0.396 bits per heavy atom. The van der Waals surface area contributed by atoms with Gasteiger partial charge in [0.1, 0.15) is 5.82 Å². The highest BCUT2D eigenvalue weighted by atomic mass is 15.1.